The van der Waals surface area contributed by atoms with Crippen molar-refractivity contribution in [1.29, 1.82) is 10.5 Å². The lowest BCUT2D eigenvalue weighted by molar-refractivity contribution is -0.127. The third kappa shape index (κ3) is 10.0. The van der Waals surface area contributed by atoms with E-state index < -0.39 is 7.12 Å². The monoisotopic (exact) mass is 786 g/mol. The van der Waals surface area contributed by atoms with E-state index in [1.165, 1.54) is 12.4 Å². The lowest BCUT2D eigenvalue weighted by Crippen LogP contribution is -2.40. The maximum Gasteiger partial charge on any atom is 0.488 e. The Morgan fingerprint density at radius 3 is 1.88 bits per heavy atom. The maximum absolute atomic E-state index is 12.5. The Bertz CT molecular complexity index is 2550. The van der Waals surface area contributed by atoms with Crippen LogP contribution in [0.3, 0.4) is 0 Å². The minimum Gasteiger partial charge on any atom is -0.423 e. The van der Waals surface area contributed by atoms with Crippen LogP contribution >= 0.6 is 0 Å². The van der Waals surface area contributed by atoms with Gasteiger partial charge >= 0.3 is 7.12 Å². The number of nitrogens with one attached hydrogen (secondary N) is 2. The zero-order valence-corrected chi connectivity index (χ0v) is 31.8. The number of aromatic nitrogens is 4. The minimum absolute atomic E-state index is 0.0464. The van der Waals surface area contributed by atoms with Gasteiger partial charge in [0.25, 0.3) is 11.8 Å². The number of fused-ring (bicyclic) bond motifs is 1. The molecular formula is C43H39BN10O5. The first kappa shape index (κ1) is 41.0. The molecule has 0 radical (unpaired) electrons. The fourth-order valence-electron chi connectivity index (χ4n) is 6.48. The molecule has 59 heavy (non-hydrogen) atoms. The number of hydrogen-bond donors (Lipinski definition) is 5. The Morgan fingerprint density at radius 1 is 0.831 bits per heavy atom. The molecule has 15 nitrogen and oxygen atoms in total. The van der Waals surface area contributed by atoms with Crippen molar-refractivity contribution in [3.8, 4) is 23.4 Å². The summed E-state index contributed by atoms with van der Waals surface area (Å²) in [4.78, 5) is 47.0. The van der Waals surface area contributed by atoms with Crippen molar-refractivity contribution in [2.75, 3.05) is 18.8 Å². The molecule has 0 saturated carbocycles. The zero-order chi connectivity index (χ0) is 41.9. The Kier molecular flexibility index (Phi) is 13.2. The molecule has 16 heteroatoms. The summed E-state index contributed by atoms with van der Waals surface area (Å²) < 4.78 is 1.86. The first-order valence-electron chi connectivity index (χ1n) is 18.6. The summed E-state index contributed by atoms with van der Waals surface area (Å²) in [6.07, 6.45) is 4.47. The van der Waals surface area contributed by atoms with E-state index >= 15 is 0 Å². The highest BCUT2D eigenvalue weighted by Gasteiger charge is 2.28. The molecule has 1 saturated heterocycles. The number of piperidine rings is 1. The Hall–Kier alpha value is -7.66. The molecule has 0 unspecified atom stereocenters. The average molecular weight is 787 g/mol. The average Bonchev–Trinajstić information content (AvgIpc) is 3.68. The second kappa shape index (κ2) is 19.0. The van der Waals surface area contributed by atoms with Gasteiger partial charge in [-0.25, -0.2) is 14.6 Å². The molecule has 0 spiro atoms. The van der Waals surface area contributed by atoms with Crippen LogP contribution in [-0.4, -0.2) is 72.6 Å². The van der Waals surface area contributed by atoms with E-state index in [2.05, 4.69) is 27.2 Å². The van der Waals surface area contributed by atoms with Gasteiger partial charge in [-0.3, -0.25) is 14.4 Å². The van der Waals surface area contributed by atoms with Crippen molar-refractivity contribution >= 4 is 47.2 Å². The quantitative estimate of drug-likeness (QED) is 0.0997. The van der Waals surface area contributed by atoms with Gasteiger partial charge in [0.05, 0.1) is 34.7 Å². The van der Waals surface area contributed by atoms with Crippen LogP contribution in [0.1, 0.15) is 61.9 Å². The van der Waals surface area contributed by atoms with Crippen molar-refractivity contribution in [2.24, 2.45) is 0 Å². The smallest absolute Gasteiger partial charge is 0.423 e. The summed E-state index contributed by atoms with van der Waals surface area (Å²) in [6.45, 7) is 5.49. The van der Waals surface area contributed by atoms with E-state index in [1.54, 1.807) is 77.7 Å². The summed E-state index contributed by atoms with van der Waals surface area (Å²) in [5.41, 5.74) is 12.5. The number of carbonyl (C=O) groups excluding carboxylic acids is 3. The van der Waals surface area contributed by atoms with E-state index in [9.17, 15) is 14.4 Å². The normalized spacial score (nSPS) is 13.2. The Balaban J connectivity index is 0.000000236. The molecule has 6 N–H and O–H groups in total. The van der Waals surface area contributed by atoms with E-state index in [4.69, 9.17) is 31.4 Å². The van der Waals surface area contributed by atoms with Crippen LogP contribution in [-0.2, 0) is 17.9 Å². The SMILES string of the molecule is C=CC(=O)N1CCC[C@@H](n2nc(-c3ccc(CNC(=O)c4ccc(C#N)cc4)cc3)c3c(N)ncnc32)C1.N#Cc1ccc(C(=O)NCc2ccc(B(O)O)cc2)cc1. The number of nitriles is 2. The van der Waals surface area contributed by atoms with Crippen LogP contribution in [0.5, 0.6) is 0 Å². The number of likely N-dealkylation sites (tertiary alicyclic amines) is 1. The van der Waals surface area contributed by atoms with Gasteiger partial charge in [-0.15, -0.1) is 0 Å². The fraction of sp³-hybridized carbons (Fsp3) is 0.163. The van der Waals surface area contributed by atoms with Gasteiger partial charge in [0.1, 0.15) is 17.8 Å². The van der Waals surface area contributed by atoms with E-state index in [-0.39, 0.29) is 23.8 Å². The van der Waals surface area contributed by atoms with Gasteiger partial charge in [-0.1, -0.05) is 55.1 Å². The standard InChI is InChI=1S/C28H26N8O2.C15H13BN2O3/c1-2-23(37)35-13-3-4-22(16-35)36-27-24(26(30)32-17-33-27)25(34-36)20-9-7-19(8-10-20)15-31-28(38)21-11-5-18(14-29)6-12-21;17-9-11-1-5-13(6-2-11)15(19)18-10-12-3-7-14(8-4-12)16(20)21/h2,5-12,17,22H,1,3-4,13,15-16H2,(H,31,38)(H2,30,32,33);1-8,20-21H,10H2,(H,18,19)/t22-;/m1./s1. The first-order valence-corrected chi connectivity index (χ1v) is 18.6. The number of nitrogen functional groups attached to an aromatic ring is 1. The number of rotatable bonds is 10. The summed E-state index contributed by atoms with van der Waals surface area (Å²) in [5.74, 6) is -0.206. The summed E-state index contributed by atoms with van der Waals surface area (Å²) >= 11 is 0. The molecule has 2 aromatic heterocycles. The van der Waals surface area contributed by atoms with Crippen molar-refractivity contribution < 1.29 is 24.4 Å². The minimum atomic E-state index is -1.49. The van der Waals surface area contributed by atoms with Gasteiger partial charge in [0.15, 0.2) is 5.65 Å². The molecule has 0 aliphatic carbocycles. The number of anilines is 1. The van der Waals surface area contributed by atoms with Crippen LogP contribution in [0.2, 0.25) is 0 Å². The van der Waals surface area contributed by atoms with Crippen LogP contribution in [0.25, 0.3) is 22.3 Å². The molecule has 1 aliphatic rings. The van der Waals surface area contributed by atoms with Crippen molar-refractivity contribution in [1.82, 2.24) is 35.3 Å². The summed E-state index contributed by atoms with van der Waals surface area (Å²) in [7, 11) is -1.49. The van der Waals surface area contributed by atoms with Crippen LogP contribution in [0, 0.1) is 22.7 Å². The first-order chi connectivity index (χ1) is 28.6. The number of nitrogens with two attached hydrogens (primary N) is 1. The predicted molar refractivity (Wildman–Crippen MR) is 221 cm³/mol. The summed E-state index contributed by atoms with van der Waals surface area (Å²) in [5, 5.41) is 46.8. The number of hydrogen-bond acceptors (Lipinski definition) is 11. The third-order valence-corrected chi connectivity index (χ3v) is 9.71. The molecule has 3 heterocycles. The number of amides is 3. The largest absolute Gasteiger partial charge is 0.488 e. The van der Waals surface area contributed by atoms with Crippen LogP contribution < -0.4 is 21.8 Å². The van der Waals surface area contributed by atoms with Crippen molar-refractivity contribution in [3.05, 3.63) is 149 Å². The zero-order valence-electron chi connectivity index (χ0n) is 31.8. The highest BCUT2D eigenvalue weighted by atomic mass is 16.4. The number of carbonyl (C=O) groups is 3. The lowest BCUT2D eigenvalue weighted by atomic mass is 9.80. The molecular weight excluding hydrogens is 747 g/mol. The lowest BCUT2D eigenvalue weighted by Gasteiger charge is -2.32. The topological polar surface area (TPSA) is 236 Å². The predicted octanol–water partition coefficient (Wildman–Crippen LogP) is 3.39. The molecule has 4 aromatic carbocycles. The summed E-state index contributed by atoms with van der Waals surface area (Å²) in [6, 6.07) is 31.2. The van der Waals surface area contributed by atoms with Gasteiger partial charge in [0.2, 0.25) is 5.91 Å². The Morgan fingerprint density at radius 2 is 1.37 bits per heavy atom. The highest BCUT2D eigenvalue weighted by molar-refractivity contribution is 6.58. The highest BCUT2D eigenvalue weighted by Crippen LogP contribution is 2.34. The number of benzene rings is 4. The molecule has 1 aliphatic heterocycles. The van der Waals surface area contributed by atoms with E-state index in [0.717, 1.165) is 29.5 Å². The molecule has 1 fully saturated rings. The van der Waals surface area contributed by atoms with Gasteiger partial charge in [0, 0.05) is 42.9 Å². The van der Waals surface area contributed by atoms with Crippen molar-refractivity contribution in [3.63, 3.8) is 0 Å². The second-order valence-corrected chi connectivity index (χ2v) is 13.6. The molecule has 7 rings (SSSR count). The van der Waals surface area contributed by atoms with Crippen molar-refractivity contribution in [2.45, 2.75) is 32.0 Å². The molecule has 0 bridgehead atoms. The Labute approximate surface area is 340 Å². The van der Waals surface area contributed by atoms with Gasteiger partial charge in [-0.2, -0.15) is 15.6 Å². The van der Waals surface area contributed by atoms with E-state index in [0.29, 0.717) is 76.4 Å². The molecule has 3 amide bonds. The third-order valence-electron chi connectivity index (χ3n) is 9.71. The van der Waals surface area contributed by atoms with Crippen LogP contribution in [0.15, 0.2) is 116 Å². The maximum atomic E-state index is 12.5. The van der Waals surface area contributed by atoms with E-state index in [1.807, 2.05) is 41.1 Å². The molecule has 294 valence electrons. The fourth-order valence-corrected chi connectivity index (χ4v) is 6.48. The van der Waals surface area contributed by atoms with Crippen LogP contribution in [0.4, 0.5) is 5.82 Å². The second-order valence-electron chi connectivity index (χ2n) is 13.6. The van der Waals surface area contributed by atoms with Gasteiger partial charge in [-0.05, 0) is 84.0 Å². The van der Waals surface area contributed by atoms with Gasteiger partial charge < -0.3 is 31.3 Å². The molecule has 1 atom stereocenters. The molecule has 6 aromatic rings. The number of nitrogens with zero attached hydrogens (tertiary/aromatic N) is 7.